The number of rotatable bonds is 8. The molecule has 0 saturated heterocycles. The Morgan fingerprint density at radius 1 is 0.962 bits per heavy atom. The van der Waals surface area contributed by atoms with Gasteiger partial charge >= 0.3 is 0 Å². The highest BCUT2D eigenvalue weighted by Gasteiger charge is 2.34. The number of nitrogens with zero attached hydrogens (tertiary/aromatic N) is 1. The zero-order valence-corrected chi connectivity index (χ0v) is 14.4. The molecule has 0 bridgehead atoms. The Kier molecular flexibility index (Phi) is 5.31. The van der Waals surface area contributed by atoms with Crippen molar-refractivity contribution in [2.75, 3.05) is 19.8 Å². The van der Waals surface area contributed by atoms with Gasteiger partial charge < -0.3 is 9.47 Å². The van der Waals surface area contributed by atoms with Crippen molar-refractivity contribution >= 4 is 18.1 Å². The van der Waals surface area contributed by atoms with Crippen molar-refractivity contribution in [3.63, 3.8) is 0 Å². The van der Waals surface area contributed by atoms with Gasteiger partial charge in [0.1, 0.15) is 18.1 Å². The van der Waals surface area contributed by atoms with E-state index in [2.05, 4.69) is 0 Å². The molecule has 0 aromatic heterocycles. The maximum atomic E-state index is 12.3. The van der Waals surface area contributed by atoms with Crippen molar-refractivity contribution < 1.29 is 23.9 Å². The number of hydrogen-bond donors (Lipinski definition) is 0. The first-order valence-electron chi connectivity index (χ1n) is 8.45. The third-order valence-corrected chi connectivity index (χ3v) is 4.04. The average molecular weight is 353 g/mol. The number of fused-ring (bicyclic) bond motifs is 1. The van der Waals surface area contributed by atoms with Gasteiger partial charge in [0.25, 0.3) is 11.8 Å². The number of hydrogen-bond acceptors (Lipinski definition) is 5. The normalized spacial score (nSPS) is 12.9. The topological polar surface area (TPSA) is 72.9 Å². The summed E-state index contributed by atoms with van der Waals surface area (Å²) in [5.41, 5.74) is 1.19. The lowest BCUT2D eigenvalue weighted by Gasteiger charge is -2.15. The van der Waals surface area contributed by atoms with Crippen LogP contribution in [0.5, 0.6) is 11.5 Å². The van der Waals surface area contributed by atoms with Crippen LogP contribution in [0.3, 0.4) is 0 Å². The van der Waals surface area contributed by atoms with Gasteiger partial charge in [-0.3, -0.25) is 19.3 Å². The molecule has 2 aromatic rings. The van der Waals surface area contributed by atoms with Crippen LogP contribution < -0.4 is 9.47 Å². The summed E-state index contributed by atoms with van der Waals surface area (Å²) in [5.74, 6) is 0.313. The number of imide groups is 1. The van der Waals surface area contributed by atoms with Crippen molar-refractivity contribution in [1.82, 2.24) is 4.90 Å². The molecule has 3 rings (SSSR count). The van der Waals surface area contributed by atoms with Gasteiger partial charge in [-0.05, 0) is 30.7 Å². The van der Waals surface area contributed by atoms with E-state index in [1.165, 1.54) is 0 Å². The number of carbonyl (C=O) groups is 3. The van der Waals surface area contributed by atoms with E-state index < -0.39 is 0 Å². The predicted molar refractivity (Wildman–Crippen MR) is 94.9 cm³/mol. The van der Waals surface area contributed by atoms with Crippen LogP contribution in [-0.4, -0.2) is 42.8 Å². The minimum atomic E-state index is -0.329. The Morgan fingerprint density at radius 3 is 2.27 bits per heavy atom. The van der Waals surface area contributed by atoms with Gasteiger partial charge in [-0.25, -0.2) is 0 Å². The SMILES string of the molecule is CCCOc1ccc(C=O)c(OCCN2C(=O)c3ccccc3C2=O)c1. The van der Waals surface area contributed by atoms with E-state index in [1.807, 2.05) is 6.92 Å². The molecule has 6 heteroatoms. The Morgan fingerprint density at radius 2 is 1.65 bits per heavy atom. The van der Waals surface area contributed by atoms with Gasteiger partial charge in [0, 0.05) is 6.07 Å². The highest BCUT2D eigenvalue weighted by atomic mass is 16.5. The van der Waals surface area contributed by atoms with Gasteiger partial charge in [0.15, 0.2) is 6.29 Å². The molecule has 1 aliphatic rings. The smallest absolute Gasteiger partial charge is 0.261 e. The first-order valence-corrected chi connectivity index (χ1v) is 8.45. The first kappa shape index (κ1) is 17.7. The lowest BCUT2D eigenvalue weighted by molar-refractivity contribution is 0.0630. The fourth-order valence-electron chi connectivity index (χ4n) is 2.74. The van der Waals surface area contributed by atoms with Crippen LogP contribution >= 0.6 is 0 Å². The summed E-state index contributed by atoms with van der Waals surface area (Å²) < 4.78 is 11.2. The van der Waals surface area contributed by atoms with Gasteiger partial charge in [-0.1, -0.05) is 19.1 Å². The first-order chi connectivity index (χ1) is 12.7. The highest BCUT2D eigenvalue weighted by molar-refractivity contribution is 6.21. The lowest BCUT2D eigenvalue weighted by Crippen LogP contribution is -2.33. The number of ether oxygens (including phenoxy) is 2. The molecule has 0 radical (unpaired) electrons. The largest absolute Gasteiger partial charge is 0.493 e. The van der Waals surface area contributed by atoms with Gasteiger partial charge in [0.05, 0.1) is 29.8 Å². The molecular weight excluding hydrogens is 334 g/mol. The molecule has 0 fully saturated rings. The summed E-state index contributed by atoms with van der Waals surface area (Å²) in [4.78, 5) is 37.0. The fraction of sp³-hybridized carbons (Fsp3) is 0.250. The Balaban J connectivity index is 1.66. The third kappa shape index (κ3) is 3.44. The maximum Gasteiger partial charge on any atom is 0.261 e. The van der Waals surface area contributed by atoms with Crippen LogP contribution in [0, 0.1) is 0 Å². The van der Waals surface area contributed by atoms with Crippen LogP contribution in [0.25, 0.3) is 0 Å². The fourth-order valence-corrected chi connectivity index (χ4v) is 2.74. The van der Waals surface area contributed by atoms with Crippen LogP contribution in [0.1, 0.15) is 44.4 Å². The van der Waals surface area contributed by atoms with Crippen molar-refractivity contribution in [3.8, 4) is 11.5 Å². The average Bonchev–Trinajstić information content (AvgIpc) is 2.91. The molecule has 2 aromatic carbocycles. The van der Waals surface area contributed by atoms with E-state index in [0.29, 0.717) is 41.1 Å². The van der Waals surface area contributed by atoms with E-state index >= 15 is 0 Å². The minimum Gasteiger partial charge on any atom is -0.493 e. The van der Waals surface area contributed by atoms with E-state index in [9.17, 15) is 14.4 Å². The Labute approximate surface area is 151 Å². The summed E-state index contributed by atoms with van der Waals surface area (Å²) in [6, 6.07) is 11.7. The molecule has 134 valence electrons. The quantitative estimate of drug-likeness (QED) is 0.539. The van der Waals surface area contributed by atoms with E-state index in [-0.39, 0.29) is 25.0 Å². The van der Waals surface area contributed by atoms with Gasteiger partial charge in [-0.15, -0.1) is 0 Å². The lowest BCUT2D eigenvalue weighted by atomic mass is 10.1. The summed E-state index contributed by atoms with van der Waals surface area (Å²) in [5, 5.41) is 0. The Hall–Kier alpha value is -3.15. The van der Waals surface area contributed by atoms with Crippen molar-refractivity contribution in [3.05, 3.63) is 59.2 Å². The monoisotopic (exact) mass is 353 g/mol. The van der Waals surface area contributed by atoms with Gasteiger partial charge in [0.2, 0.25) is 0 Å². The second-order valence-electron chi connectivity index (χ2n) is 5.82. The van der Waals surface area contributed by atoms with E-state index in [1.54, 1.807) is 42.5 Å². The summed E-state index contributed by atoms with van der Waals surface area (Å²) >= 11 is 0. The molecule has 6 nitrogen and oxygen atoms in total. The molecule has 1 heterocycles. The molecule has 0 N–H and O–H groups in total. The molecule has 1 aliphatic heterocycles. The number of benzene rings is 2. The van der Waals surface area contributed by atoms with Crippen LogP contribution in [0.2, 0.25) is 0 Å². The summed E-state index contributed by atoms with van der Waals surface area (Å²) in [6.45, 7) is 2.75. The highest BCUT2D eigenvalue weighted by Crippen LogP contribution is 2.25. The second-order valence-corrected chi connectivity index (χ2v) is 5.82. The van der Waals surface area contributed by atoms with Crippen molar-refractivity contribution in [2.45, 2.75) is 13.3 Å². The molecular formula is C20H19NO5. The van der Waals surface area contributed by atoms with Crippen LogP contribution in [0.15, 0.2) is 42.5 Å². The third-order valence-electron chi connectivity index (χ3n) is 4.04. The second kappa shape index (κ2) is 7.82. The predicted octanol–water partition coefficient (Wildman–Crippen LogP) is 2.96. The molecule has 0 aliphatic carbocycles. The standard InChI is InChI=1S/C20H19NO5/c1-2-10-25-15-8-7-14(13-22)18(12-15)26-11-9-21-19(23)16-5-3-4-6-17(16)20(21)24/h3-8,12-13H,2,9-11H2,1H3. The van der Waals surface area contributed by atoms with Crippen molar-refractivity contribution in [2.24, 2.45) is 0 Å². The van der Waals surface area contributed by atoms with Crippen molar-refractivity contribution in [1.29, 1.82) is 0 Å². The van der Waals surface area contributed by atoms with Crippen LogP contribution in [0.4, 0.5) is 0 Å². The number of carbonyl (C=O) groups excluding carboxylic acids is 3. The molecule has 26 heavy (non-hydrogen) atoms. The molecule has 0 spiro atoms. The molecule has 0 atom stereocenters. The van der Waals surface area contributed by atoms with Crippen LogP contribution in [-0.2, 0) is 0 Å². The van der Waals surface area contributed by atoms with Gasteiger partial charge in [-0.2, -0.15) is 0 Å². The van der Waals surface area contributed by atoms with E-state index in [0.717, 1.165) is 11.3 Å². The van der Waals surface area contributed by atoms with E-state index in [4.69, 9.17) is 9.47 Å². The molecule has 0 unspecified atom stereocenters. The molecule has 2 amide bonds. The molecule has 0 saturated carbocycles. The number of aldehydes is 1. The zero-order valence-electron chi connectivity index (χ0n) is 14.4. The number of amides is 2. The maximum absolute atomic E-state index is 12.3. The minimum absolute atomic E-state index is 0.0868. The zero-order chi connectivity index (χ0) is 18.5. The summed E-state index contributed by atoms with van der Waals surface area (Å²) in [7, 11) is 0. The Bertz CT molecular complexity index is 811. The summed E-state index contributed by atoms with van der Waals surface area (Å²) in [6.07, 6.45) is 1.56.